The number of carboxylic acid groups (broad SMARTS) is 1. The maximum Gasteiger partial charge on any atom is 0.323 e. The van der Waals surface area contributed by atoms with E-state index in [-0.39, 0.29) is 14.9 Å². The fourth-order valence-corrected chi connectivity index (χ4v) is 4.33. The molecule has 0 atom stereocenters. The zero-order valence-corrected chi connectivity index (χ0v) is 17.9. The highest BCUT2D eigenvalue weighted by atomic mass is 32.2. The van der Waals surface area contributed by atoms with Crippen molar-refractivity contribution in [2.75, 3.05) is 6.54 Å². The second-order valence-electron chi connectivity index (χ2n) is 6.68. The molecule has 9 nitrogen and oxygen atoms in total. The van der Waals surface area contributed by atoms with E-state index in [0.29, 0.717) is 16.8 Å². The van der Waals surface area contributed by atoms with Gasteiger partial charge in [-0.15, -0.1) is 0 Å². The number of thiocarbonyl (C=S) groups is 1. The van der Waals surface area contributed by atoms with Gasteiger partial charge >= 0.3 is 5.97 Å². The Labute approximate surface area is 191 Å². The first-order valence-corrected chi connectivity index (χ1v) is 10.4. The lowest BCUT2D eigenvalue weighted by molar-refractivity contribution is -0.384. The number of para-hydroxylation sites is 1. The Morgan fingerprint density at radius 1 is 1.19 bits per heavy atom. The lowest BCUT2D eigenvalue weighted by Gasteiger charge is -2.10. The molecule has 1 aliphatic rings. The number of amides is 1. The van der Waals surface area contributed by atoms with Gasteiger partial charge in [-0.1, -0.05) is 42.2 Å². The van der Waals surface area contributed by atoms with Crippen molar-refractivity contribution in [2.24, 2.45) is 0 Å². The third-order valence-electron chi connectivity index (χ3n) is 4.57. The Morgan fingerprint density at radius 2 is 1.88 bits per heavy atom. The Hall–Kier alpha value is -3.83. The van der Waals surface area contributed by atoms with Gasteiger partial charge in [-0.05, 0) is 30.3 Å². The molecule has 0 spiro atoms. The Morgan fingerprint density at radius 3 is 2.50 bits per heavy atom. The van der Waals surface area contributed by atoms with Gasteiger partial charge < -0.3 is 5.11 Å². The first kappa shape index (κ1) is 21.4. The molecule has 1 aliphatic heterocycles. The maximum atomic E-state index is 12.7. The van der Waals surface area contributed by atoms with Gasteiger partial charge in [0.05, 0.1) is 21.2 Å². The number of carboxylic acids is 1. The summed E-state index contributed by atoms with van der Waals surface area (Å²) < 4.78 is 1.80. The zero-order chi connectivity index (χ0) is 22.8. The largest absolute Gasteiger partial charge is 0.480 e. The summed E-state index contributed by atoms with van der Waals surface area (Å²) in [5.74, 6) is -1.66. The van der Waals surface area contributed by atoms with Crippen LogP contribution in [0.25, 0.3) is 23.0 Å². The van der Waals surface area contributed by atoms with Crippen molar-refractivity contribution in [3.63, 3.8) is 0 Å². The van der Waals surface area contributed by atoms with Crippen LogP contribution in [0, 0.1) is 10.1 Å². The van der Waals surface area contributed by atoms with E-state index in [1.807, 2.05) is 30.3 Å². The van der Waals surface area contributed by atoms with Crippen molar-refractivity contribution in [2.45, 2.75) is 0 Å². The zero-order valence-electron chi connectivity index (χ0n) is 16.2. The van der Waals surface area contributed by atoms with E-state index in [1.54, 1.807) is 29.1 Å². The van der Waals surface area contributed by atoms with Crippen molar-refractivity contribution >= 4 is 51.9 Å². The minimum Gasteiger partial charge on any atom is -0.480 e. The molecule has 0 aliphatic carbocycles. The molecular weight excluding hydrogens is 452 g/mol. The summed E-state index contributed by atoms with van der Waals surface area (Å²) in [5.41, 5.74) is 2.45. The van der Waals surface area contributed by atoms with Gasteiger partial charge in [0.25, 0.3) is 11.6 Å². The number of rotatable bonds is 6. The Bertz CT molecular complexity index is 1270. The quantitative estimate of drug-likeness (QED) is 0.253. The van der Waals surface area contributed by atoms with Gasteiger partial charge in [-0.25, -0.2) is 4.68 Å². The molecule has 1 saturated heterocycles. The molecule has 2 aromatic carbocycles. The first-order chi connectivity index (χ1) is 15.3. The van der Waals surface area contributed by atoms with Gasteiger partial charge in [0.2, 0.25) is 0 Å². The summed E-state index contributed by atoms with van der Waals surface area (Å²) in [7, 11) is 0. The van der Waals surface area contributed by atoms with Crippen LogP contribution in [-0.2, 0) is 9.59 Å². The Kier molecular flexibility index (Phi) is 5.84. The van der Waals surface area contributed by atoms with Crippen LogP contribution < -0.4 is 0 Å². The molecule has 0 radical (unpaired) electrons. The van der Waals surface area contributed by atoms with Gasteiger partial charge in [-0.2, -0.15) is 5.10 Å². The van der Waals surface area contributed by atoms with Crippen molar-refractivity contribution in [1.82, 2.24) is 14.7 Å². The molecule has 160 valence electrons. The minimum absolute atomic E-state index is 0.0488. The number of nitro benzene ring substituents is 1. The average molecular weight is 467 g/mol. The molecule has 11 heteroatoms. The third kappa shape index (κ3) is 4.29. The highest BCUT2D eigenvalue weighted by Crippen LogP contribution is 2.35. The van der Waals surface area contributed by atoms with E-state index in [1.165, 1.54) is 12.1 Å². The number of nitrogens with zero attached hydrogens (tertiary/aromatic N) is 4. The standard InChI is InChI=1S/C21H14N4O5S2/c26-18(27)12-23-20(28)17(32-21(23)31)10-14-11-24(15-4-2-1-3-5-15)22-19(14)13-6-8-16(9-7-13)25(29)30/h1-11H,12H2,(H,26,27)/b17-10-. The summed E-state index contributed by atoms with van der Waals surface area (Å²) in [6, 6.07) is 15.3. The number of non-ortho nitro benzene ring substituents is 1. The lowest BCUT2D eigenvalue weighted by Crippen LogP contribution is -2.33. The van der Waals surface area contributed by atoms with Crippen molar-refractivity contribution in [3.8, 4) is 16.9 Å². The molecule has 0 saturated carbocycles. The molecule has 0 unspecified atom stereocenters. The summed E-state index contributed by atoms with van der Waals surface area (Å²) in [6.45, 7) is -0.513. The highest BCUT2D eigenvalue weighted by molar-refractivity contribution is 8.26. The number of carbonyl (C=O) groups is 2. The van der Waals surface area contributed by atoms with E-state index in [9.17, 15) is 19.7 Å². The molecule has 1 fully saturated rings. The van der Waals surface area contributed by atoms with Crippen LogP contribution >= 0.6 is 24.0 Å². The number of aliphatic carboxylic acids is 1. The molecule has 1 amide bonds. The molecule has 1 N–H and O–H groups in total. The molecule has 32 heavy (non-hydrogen) atoms. The number of hydrogen-bond acceptors (Lipinski definition) is 7. The highest BCUT2D eigenvalue weighted by Gasteiger charge is 2.33. The van der Waals surface area contributed by atoms with Crippen LogP contribution in [0.5, 0.6) is 0 Å². The number of thioether (sulfide) groups is 1. The van der Waals surface area contributed by atoms with Gasteiger partial charge in [0, 0.05) is 29.5 Å². The van der Waals surface area contributed by atoms with Crippen LogP contribution in [0.4, 0.5) is 5.69 Å². The molecule has 0 bridgehead atoms. The van der Waals surface area contributed by atoms with Gasteiger partial charge in [-0.3, -0.25) is 24.6 Å². The molecular formula is C21H14N4O5S2. The number of hydrogen-bond donors (Lipinski definition) is 1. The number of aromatic nitrogens is 2. The van der Waals surface area contributed by atoms with Gasteiger partial charge in [0.1, 0.15) is 10.9 Å². The number of benzene rings is 2. The normalized spacial score (nSPS) is 14.9. The van der Waals surface area contributed by atoms with E-state index >= 15 is 0 Å². The lowest BCUT2D eigenvalue weighted by atomic mass is 10.1. The fourth-order valence-electron chi connectivity index (χ4n) is 3.08. The maximum absolute atomic E-state index is 12.7. The summed E-state index contributed by atoms with van der Waals surface area (Å²) >= 11 is 6.17. The van der Waals surface area contributed by atoms with Crippen LogP contribution in [0.3, 0.4) is 0 Å². The predicted molar refractivity (Wildman–Crippen MR) is 123 cm³/mol. The number of carbonyl (C=O) groups excluding carboxylic acids is 1. The fraction of sp³-hybridized carbons (Fsp3) is 0.0476. The van der Waals surface area contributed by atoms with E-state index in [4.69, 9.17) is 17.3 Å². The summed E-state index contributed by atoms with van der Waals surface area (Å²) in [6.07, 6.45) is 3.33. The van der Waals surface area contributed by atoms with Gasteiger partial charge in [0.15, 0.2) is 0 Å². The topological polar surface area (TPSA) is 119 Å². The average Bonchev–Trinajstić information content (AvgIpc) is 3.31. The monoisotopic (exact) mass is 466 g/mol. The third-order valence-corrected chi connectivity index (χ3v) is 5.95. The SMILES string of the molecule is O=C(O)CN1C(=O)/C(=C/c2cn(-c3ccccc3)nc2-c2ccc([N+](=O)[O-])cc2)SC1=S. The second kappa shape index (κ2) is 8.73. The van der Waals surface area contributed by atoms with Crippen molar-refractivity contribution in [1.29, 1.82) is 0 Å². The first-order valence-electron chi connectivity index (χ1n) is 9.20. The summed E-state index contributed by atoms with van der Waals surface area (Å²) in [4.78, 5) is 35.5. The second-order valence-corrected chi connectivity index (χ2v) is 8.35. The predicted octanol–water partition coefficient (Wildman–Crippen LogP) is 3.73. The number of nitro groups is 1. The van der Waals surface area contributed by atoms with Crippen molar-refractivity contribution in [3.05, 3.63) is 81.4 Å². The van der Waals surface area contributed by atoms with Crippen LogP contribution in [-0.4, -0.2) is 47.5 Å². The van der Waals surface area contributed by atoms with Crippen LogP contribution in [0.15, 0.2) is 65.7 Å². The van der Waals surface area contributed by atoms with Crippen molar-refractivity contribution < 1.29 is 19.6 Å². The van der Waals surface area contributed by atoms with Crippen LogP contribution in [0.1, 0.15) is 5.56 Å². The molecule has 2 heterocycles. The minimum atomic E-state index is -1.16. The Balaban J connectivity index is 1.78. The van der Waals surface area contributed by atoms with Crippen LogP contribution in [0.2, 0.25) is 0 Å². The van der Waals surface area contributed by atoms with E-state index in [2.05, 4.69) is 5.10 Å². The molecule has 1 aromatic heterocycles. The summed E-state index contributed by atoms with van der Waals surface area (Å²) in [5, 5.41) is 24.6. The van der Waals surface area contributed by atoms with E-state index < -0.39 is 23.3 Å². The van der Waals surface area contributed by atoms with E-state index in [0.717, 1.165) is 22.3 Å². The smallest absolute Gasteiger partial charge is 0.323 e. The molecule has 3 aromatic rings. The molecule has 4 rings (SSSR count).